The van der Waals surface area contributed by atoms with Crippen LogP contribution < -0.4 is 5.32 Å². The minimum Gasteiger partial charge on any atom is -0.384 e. The van der Waals surface area contributed by atoms with Crippen molar-refractivity contribution in [2.24, 2.45) is 5.92 Å². The van der Waals surface area contributed by atoms with E-state index in [0.29, 0.717) is 23.8 Å². The van der Waals surface area contributed by atoms with Crippen molar-refractivity contribution in [2.75, 3.05) is 13.7 Å². The molecule has 2 fully saturated rings. The molecule has 2 atom stereocenters. The molecule has 2 aliphatic carbocycles. The fraction of sp³-hybridized carbons (Fsp3) is 0.550. The van der Waals surface area contributed by atoms with Crippen molar-refractivity contribution in [1.82, 2.24) is 5.32 Å². The lowest BCUT2D eigenvalue weighted by Crippen LogP contribution is -2.35. The molecule has 1 aromatic carbocycles. The van der Waals surface area contributed by atoms with Gasteiger partial charge in [0.1, 0.15) is 5.78 Å². The first-order valence-corrected chi connectivity index (χ1v) is 8.78. The van der Waals surface area contributed by atoms with E-state index in [-0.39, 0.29) is 0 Å². The van der Waals surface area contributed by atoms with Crippen LogP contribution in [0.25, 0.3) is 6.08 Å². The molecule has 1 N–H and O–H groups in total. The molecule has 2 saturated carbocycles. The summed E-state index contributed by atoms with van der Waals surface area (Å²) in [4.78, 5) is 11.4. The molecule has 3 rings (SSSR count). The second kappa shape index (κ2) is 7.89. The highest BCUT2D eigenvalue weighted by atomic mass is 16.5. The first kappa shape index (κ1) is 16.4. The third-order valence-electron chi connectivity index (χ3n) is 5.01. The van der Waals surface area contributed by atoms with Gasteiger partial charge in [-0.25, -0.2) is 0 Å². The van der Waals surface area contributed by atoms with Gasteiger partial charge in [0.05, 0.1) is 0 Å². The van der Waals surface area contributed by atoms with Crippen LogP contribution in [0.3, 0.4) is 0 Å². The smallest absolute Gasteiger partial charge is 0.133 e. The monoisotopic (exact) mass is 313 g/mol. The number of benzene rings is 1. The van der Waals surface area contributed by atoms with Crippen LogP contribution in [0.4, 0.5) is 0 Å². The lowest BCUT2D eigenvalue weighted by molar-refractivity contribution is -0.120. The van der Waals surface area contributed by atoms with E-state index in [4.69, 9.17) is 4.74 Å². The summed E-state index contributed by atoms with van der Waals surface area (Å²) in [6.45, 7) is 0.778. The number of hydrogen-bond donors (Lipinski definition) is 1. The number of ether oxygens (including phenoxy) is 1. The Bertz CT molecular complexity index is 542. The molecule has 0 amide bonds. The SMILES string of the molecule is COCCC(=Cc1ccccc1)[C@@H]1C[C@H]1NC1CCC(=O)CC1. The van der Waals surface area contributed by atoms with Gasteiger partial charge in [-0.2, -0.15) is 0 Å². The lowest BCUT2D eigenvalue weighted by atomic mass is 9.94. The van der Waals surface area contributed by atoms with Gasteiger partial charge in [-0.15, -0.1) is 0 Å². The maximum absolute atomic E-state index is 11.4. The van der Waals surface area contributed by atoms with Gasteiger partial charge < -0.3 is 10.1 Å². The Morgan fingerprint density at radius 3 is 2.70 bits per heavy atom. The Morgan fingerprint density at radius 1 is 1.26 bits per heavy atom. The molecule has 0 radical (unpaired) electrons. The summed E-state index contributed by atoms with van der Waals surface area (Å²) < 4.78 is 5.29. The van der Waals surface area contributed by atoms with Crippen molar-refractivity contribution in [3.8, 4) is 0 Å². The van der Waals surface area contributed by atoms with E-state index >= 15 is 0 Å². The molecular weight excluding hydrogens is 286 g/mol. The predicted molar refractivity (Wildman–Crippen MR) is 93.2 cm³/mol. The third-order valence-corrected chi connectivity index (χ3v) is 5.01. The highest BCUT2D eigenvalue weighted by Gasteiger charge is 2.40. The van der Waals surface area contributed by atoms with E-state index in [9.17, 15) is 4.79 Å². The number of Topliss-reactive ketones (excluding diaryl/α,β-unsaturated/α-hetero) is 1. The average Bonchev–Trinajstić information content (AvgIpc) is 3.34. The summed E-state index contributed by atoms with van der Waals surface area (Å²) >= 11 is 0. The van der Waals surface area contributed by atoms with Crippen LogP contribution in [0, 0.1) is 5.92 Å². The zero-order valence-corrected chi connectivity index (χ0v) is 14.0. The predicted octanol–water partition coefficient (Wildman–Crippen LogP) is 3.60. The quantitative estimate of drug-likeness (QED) is 0.836. The number of carbonyl (C=O) groups excluding carboxylic acids is 1. The van der Waals surface area contributed by atoms with Gasteiger partial charge in [0, 0.05) is 38.6 Å². The van der Waals surface area contributed by atoms with Gasteiger partial charge in [-0.05, 0) is 37.2 Å². The normalized spacial score (nSPS) is 25.6. The Morgan fingerprint density at radius 2 is 2.00 bits per heavy atom. The summed E-state index contributed by atoms with van der Waals surface area (Å²) in [5.41, 5.74) is 2.76. The number of ketones is 1. The summed E-state index contributed by atoms with van der Waals surface area (Å²) in [5, 5.41) is 3.77. The van der Waals surface area contributed by atoms with Crippen molar-refractivity contribution >= 4 is 11.9 Å². The zero-order valence-electron chi connectivity index (χ0n) is 14.0. The molecule has 23 heavy (non-hydrogen) atoms. The van der Waals surface area contributed by atoms with Crippen LogP contribution in [-0.2, 0) is 9.53 Å². The minimum absolute atomic E-state index is 0.431. The summed E-state index contributed by atoms with van der Waals surface area (Å²) in [7, 11) is 1.77. The summed E-state index contributed by atoms with van der Waals surface area (Å²) in [6, 6.07) is 11.7. The van der Waals surface area contributed by atoms with E-state index in [1.54, 1.807) is 7.11 Å². The maximum atomic E-state index is 11.4. The molecule has 3 heteroatoms. The van der Waals surface area contributed by atoms with Gasteiger partial charge in [-0.3, -0.25) is 4.79 Å². The first-order chi connectivity index (χ1) is 11.3. The molecule has 0 bridgehead atoms. The fourth-order valence-corrected chi connectivity index (χ4v) is 3.55. The van der Waals surface area contributed by atoms with Gasteiger partial charge >= 0.3 is 0 Å². The highest BCUT2D eigenvalue weighted by Crippen LogP contribution is 2.40. The summed E-state index contributed by atoms with van der Waals surface area (Å²) in [5.74, 6) is 1.06. The van der Waals surface area contributed by atoms with Crippen LogP contribution in [0.5, 0.6) is 0 Å². The molecule has 0 spiro atoms. The van der Waals surface area contributed by atoms with Crippen LogP contribution in [0.15, 0.2) is 35.9 Å². The molecule has 0 aliphatic heterocycles. The van der Waals surface area contributed by atoms with Crippen LogP contribution in [0.2, 0.25) is 0 Å². The Balaban J connectivity index is 1.58. The molecular formula is C20H27NO2. The van der Waals surface area contributed by atoms with E-state index in [1.807, 2.05) is 0 Å². The van der Waals surface area contributed by atoms with Gasteiger partial charge in [0.25, 0.3) is 0 Å². The summed E-state index contributed by atoms with van der Waals surface area (Å²) in [6.07, 6.45) is 8.08. The van der Waals surface area contributed by atoms with Crippen molar-refractivity contribution in [3.63, 3.8) is 0 Å². The maximum Gasteiger partial charge on any atom is 0.133 e. The highest BCUT2D eigenvalue weighted by molar-refractivity contribution is 5.79. The molecule has 0 heterocycles. The molecule has 124 valence electrons. The number of nitrogens with one attached hydrogen (secondary N) is 1. The van der Waals surface area contributed by atoms with Crippen molar-refractivity contribution in [3.05, 3.63) is 41.5 Å². The van der Waals surface area contributed by atoms with Crippen LogP contribution in [-0.4, -0.2) is 31.6 Å². The number of methoxy groups -OCH3 is 1. The average molecular weight is 313 g/mol. The fourth-order valence-electron chi connectivity index (χ4n) is 3.55. The Hall–Kier alpha value is -1.45. The van der Waals surface area contributed by atoms with Gasteiger partial charge in [0.15, 0.2) is 0 Å². The molecule has 2 aliphatic rings. The second-order valence-corrected chi connectivity index (χ2v) is 6.80. The topological polar surface area (TPSA) is 38.3 Å². The van der Waals surface area contributed by atoms with E-state index in [1.165, 1.54) is 17.6 Å². The van der Waals surface area contributed by atoms with E-state index < -0.39 is 0 Å². The van der Waals surface area contributed by atoms with E-state index in [0.717, 1.165) is 38.7 Å². The van der Waals surface area contributed by atoms with Crippen molar-refractivity contribution in [1.29, 1.82) is 0 Å². The second-order valence-electron chi connectivity index (χ2n) is 6.80. The Labute approximate surface area is 139 Å². The number of rotatable bonds is 7. The first-order valence-electron chi connectivity index (χ1n) is 8.78. The third kappa shape index (κ3) is 4.76. The van der Waals surface area contributed by atoms with Crippen LogP contribution >= 0.6 is 0 Å². The van der Waals surface area contributed by atoms with Crippen LogP contribution in [0.1, 0.15) is 44.1 Å². The zero-order chi connectivity index (χ0) is 16.1. The van der Waals surface area contributed by atoms with Gasteiger partial charge in [0.2, 0.25) is 0 Å². The molecule has 0 saturated heterocycles. The molecule has 1 aromatic rings. The van der Waals surface area contributed by atoms with Crippen molar-refractivity contribution in [2.45, 2.75) is 50.6 Å². The number of hydrogen-bond acceptors (Lipinski definition) is 3. The molecule has 0 unspecified atom stereocenters. The largest absolute Gasteiger partial charge is 0.384 e. The minimum atomic E-state index is 0.431. The number of carbonyl (C=O) groups is 1. The lowest BCUT2D eigenvalue weighted by Gasteiger charge is -2.22. The molecule has 3 nitrogen and oxygen atoms in total. The van der Waals surface area contributed by atoms with Crippen molar-refractivity contribution < 1.29 is 9.53 Å². The van der Waals surface area contributed by atoms with Gasteiger partial charge in [-0.1, -0.05) is 42.0 Å². The van der Waals surface area contributed by atoms with E-state index in [2.05, 4.69) is 41.7 Å². The Kier molecular flexibility index (Phi) is 5.63. The standard InChI is InChI=1S/C20H27NO2/c1-23-12-11-16(13-15-5-3-2-4-6-15)19-14-20(19)21-17-7-9-18(22)10-8-17/h2-6,13,17,19-21H,7-12,14H2,1H3/t19-,20+/m0/s1. The molecule has 0 aromatic heterocycles.